The number of hydrogen-bond acceptors (Lipinski definition) is 0. The summed E-state index contributed by atoms with van der Waals surface area (Å²) in [7, 11) is 0. The molecule has 4 heavy (non-hydrogen) atoms. The van der Waals surface area contributed by atoms with E-state index in [1.54, 1.807) is 0 Å². The average Bonchev–Trinajstić information content (AvgIpc) is 0. The van der Waals surface area contributed by atoms with Crippen molar-refractivity contribution in [2.75, 3.05) is 0 Å². The van der Waals surface area contributed by atoms with E-state index in [9.17, 15) is 0 Å². The predicted molar refractivity (Wildman–Crippen MR) is 17.3 cm³/mol. The van der Waals surface area contributed by atoms with E-state index in [1.165, 1.54) is 0 Å². The number of hydrogen-bond donors (Lipinski definition) is 0. The quantitative estimate of drug-likeness (QED) is 0.459. The Labute approximate surface area is 105 Å². The first-order chi connectivity index (χ1) is 0. The maximum absolute atomic E-state index is 0. The maximum Gasteiger partial charge on any atom is 0 e. The van der Waals surface area contributed by atoms with Crippen LogP contribution < -0.4 is 0 Å². The summed E-state index contributed by atoms with van der Waals surface area (Å²) in [4.78, 5) is 0. The third-order valence-corrected chi connectivity index (χ3v) is 0. The largest absolute Gasteiger partial charge is 0 e. The molecule has 0 bridgehead atoms. The summed E-state index contributed by atoms with van der Waals surface area (Å²) in [5, 5.41) is 0. The molecule has 0 fully saturated rings. The van der Waals surface area contributed by atoms with Gasteiger partial charge in [-0.1, -0.05) is 0 Å². The van der Waals surface area contributed by atoms with Gasteiger partial charge < -0.3 is 0 Å². The minimum Gasteiger partial charge on any atom is 0 e. The first kappa shape index (κ1) is 26.1. The third kappa shape index (κ3) is 9.06. The third-order valence-electron chi connectivity index (χ3n) is 0. The van der Waals surface area contributed by atoms with E-state index in [4.69, 9.17) is 0 Å². The van der Waals surface area contributed by atoms with Crippen molar-refractivity contribution < 1.29 is 16.5 Å². The standard InChI is InChI=1S/Ba.Li.Mg.Ni. The summed E-state index contributed by atoms with van der Waals surface area (Å²) >= 11 is 0. The molecule has 15 valence electrons. The van der Waals surface area contributed by atoms with Crippen molar-refractivity contribution in [1.29, 1.82) is 0 Å². The van der Waals surface area contributed by atoms with Crippen molar-refractivity contribution in [1.82, 2.24) is 0 Å². The van der Waals surface area contributed by atoms with E-state index < -0.39 is 0 Å². The monoisotopic (exact) mass is 227 g/mol. The molecule has 0 aromatic heterocycles. The molecule has 0 aliphatic carbocycles. The predicted octanol–water partition coefficient (Wildman–Crippen LogP) is -1.14. The van der Waals surface area contributed by atoms with Gasteiger partial charge in [0, 0.05) is 107 Å². The normalized spacial score (nSPS) is 0. The van der Waals surface area contributed by atoms with Crippen molar-refractivity contribution in [3.8, 4) is 0 Å². The van der Waals surface area contributed by atoms with Crippen LogP contribution in [0.15, 0.2) is 0 Å². The van der Waals surface area contributed by atoms with Gasteiger partial charge >= 0.3 is 0 Å². The van der Waals surface area contributed by atoms with E-state index >= 15 is 0 Å². The van der Waals surface area contributed by atoms with Crippen molar-refractivity contribution >= 4 is 90.8 Å². The van der Waals surface area contributed by atoms with Crippen LogP contribution in [-0.4, -0.2) is 90.8 Å². The van der Waals surface area contributed by atoms with Crippen molar-refractivity contribution in [2.45, 2.75) is 0 Å². The zero-order valence-corrected chi connectivity index (χ0v) is 9.57. The van der Waals surface area contributed by atoms with Crippen LogP contribution in [0.3, 0.4) is 0 Å². The summed E-state index contributed by atoms with van der Waals surface area (Å²) in [6, 6.07) is 0. The SMILES string of the molecule is [Ba].[Li].[Mg].[Ni]. The molecule has 0 heterocycles. The van der Waals surface area contributed by atoms with Gasteiger partial charge in [-0.3, -0.25) is 0 Å². The first-order valence-corrected chi connectivity index (χ1v) is 0. The van der Waals surface area contributed by atoms with Gasteiger partial charge in [-0.25, -0.2) is 0 Å². The molecule has 0 amide bonds. The van der Waals surface area contributed by atoms with Gasteiger partial charge in [-0.15, -0.1) is 0 Å². The van der Waals surface area contributed by atoms with E-state index in [2.05, 4.69) is 0 Å². The molecule has 4 heteroatoms. The molecule has 0 aromatic carbocycles. The van der Waals surface area contributed by atoms with Gasteiger partial charge in [-0.05, 0) is 0 Å². The van der Waals surface area contributed by atoms with Gasteiger partial charge in [-0.2, -0.15) is 0 Å². The smallest absolute Gasteiger partial charge is 0 e. The number of rotatable bonds is 0. The fraction of sp³-hybridized carbons (Fsp3) is 0. The van der Waals surface area contributed by atoms with Crippen LogP contribution in [0.2, 0.25) is 0 Å². The molecule has 0 rings (SSSR count). The Morgan fingerprint density at radius 2 is 1.00 bits per heavy atom. The molecular weight excluding hydrogens is 227 g/mol. The molecule has 0 nitrogen and oxygen atoms in total. The molecular formula is BaLiMgNi. The van der Waals surface area contributed by atoms with Crippen LogP contribution in [0.1, 0.15) is 0 Å². The van der Waals surface area contributed by atoms with Gasteiger partial charge in [0.25, 0.3) is 0 Å². The van der Waals surface area contributed by atoms with Crippen molar-refractivity contribution in [3.63, 3.8) is 0 Å². The topological polar surface area (TPSA) is 0 Å². The summed E-state index contributed by atoms with van der Waals surface area (Å²) in [6.45, 7) is 0. The Hall–Kier alpha value is 3.43. The van der Waals surface area contributed by atoms with E-state index in [1.807, 2.05) is 0 Å². The van der Waals surface area contributed by atoms with Crippen LogP contribution in [0.4, 0.5) is 0 Å². The summed E-state index contributed by atoms with van der Waals surface area (Å²) < 4.78 is 0. The van der Waals surface area contributed by atoms with Gasteiger partial charge in [0.05, 0.1) is 0 Å². The van der Waals surface area contributed by atoms with Gasteiger partial charge in [0.1, 0.15) is 0 Å². The second kappa shape index (κ2) is 16.1. The Balaban J connectivity index is 0. The summed E-state index contributed by atoms with van der Waals surface area (Å²) in [6.07, 6.45) is 0. The van der Waals surface area contributed by atoms with E-state index in [0.717, 1.165) is 0 Å². The maximum atomic E-state index is 0. The summed E-state index contributed by atoms with van der Waals surface area (Å²) in [5.74, 6) is 0. The molecule has 0 saturated heterocycles. The molecule has 0 atom stereocenters. The molecule has 0 aromatic rings. The van der Waals surface area contributed by atoms with Crippen LogP contribution in [0.25, 0.3) is 0 Å². The van der Waals surface area contributed by atoms with Crippen LogP contribution in [0, 0.1) is 0 Å². The zero-order chi connectivity index (χ0) is 0. The Kier molecular flexibility index (Phi) is 105. The molecule has 0 N–H and O–H groups in total. The Bertz CT molecular complexity index is 8.00. The second-order valence-electron chi connectivity index (χ2n) is 0. The molecule has 5 radical (unpaired) electrons. The van der Waals surface area contributed by atoms with Gasteiger partial charge in [0.2, 0.25) is 0 Å². The van der Waals surface area contributed by atoms with E-state index in [0.29, 0.717) is 0 Å². The van der Waals surface area contributed by atoms with Crippen LogP contribution in [0.5, 0.6) is 0 Å². The fourth-order valence-electron chi connectivity index (χ4n) is 0. The molecule has 0 aliphatic rings. The second-order valence-corrected chi connectivity index (χ2v) is 0. The fourth-order valence-corrected chi connectivity index (χ4v) is 0. The Morgan fingerprint density at radius 1 is 1.00 bits per heavy atom. The van der Waals surface area contributed by atoms with Crippen LogP contribution in [-0.2, 0) is 16.5 Å². The zero-order valence-electron chi connectivity index (χ0n) is 2.73. The van der Waals surface area contributed by atoms with Crippen molar-refractivity contribution in [2.24, 2.45) is 0 Å². The summed E-state index contributed by atoms with van der Waals surface area (Å²) in [5.41, 5.74) is 0. The average molecular weight is 227 g/mol. The minimum absolute atomic E-state index is 0. The van der Waals surface area contributed by atoms with Crippen molar-refractivity contribution in [3.05, 3.63) is 0 Å². The Morgan fingerprint density at radius 3 is 1.00 bits per heavy atom. The van der Waals surface area contributed by atoms with Crippen LogP contribution >= 0.6 is 0 Å². The molecule has 0 spiro atoms. The molecule has 0 saturated carbocycles. The molecule has 0 aliphatic heterocycles. The van der Waals surface area contributed by atoms with Gasteiger partial charge in [0.15, 0.2) is 0 Å². The first-order valence-electron chi connectivity index (χ1n) is 0. The minimum atomic E-state index is 0. The molecule has 0 unspecified atom stereocenters. The van der Waals surface area contributed by atoms with E-state index in [-0.39, 0.29) is 107 Å².